The molecule has 0 aliphatic carbocycles. The van der Waals surface area contributed by atoms with E-state index in [1.807, 2.05) is 13.0 Å². The number of benzene rings is 1. The van der Waals surface area contributed by atoms with Crippen molar-refractivity contribution in [3.63, 3.8) is 0 Å². The van der Waals surface area contributed by atoms with E-state index in [4.69, 9.17) is 11.6 Å². The van der Waals surface area contributed by atoms with Crippen molar-refractivity contribution in [2.45, 2.75) is 23.5 Å². The lowest BCUT2D eigenvalue weighted by atomic mass is 10.3. The summed E-state index contributed by atoms with van der Waals surface area (Å²) in [5.74, 6) is 1.54. The molecule has 5 heteroatoms. The zero-order valence-corrected chi connectivity index (χ0v) is 11.4. The van der Waals surface area contributed by atoms with Gasteiger partial charge in [-0.3, -0.25) is 0 Å². The first kappa shape index (κ1) is 13.3. The highest BCUT2D eigenvalue weighted by Crippen LogP contribution is 2.22. The predicted molar refractivity (Wildman–Crippen MR) is 72.3 cm³/mol. The number of alkyl halides is 1. The molecule has 0 aliphatic heterocycles. The largest absolute Gasteiger partial charge is 0.240 e. The first-order valence-corrected chi connectivity index (χ1v) is 6.97. The fraction of sp³-hybridized carbons (Fsp3) is 0.231. The van der Waals surface area contributed by atoms with Crippen LogP contribution in [0.1, 0.15) is 17.1 Å². The van der Waals surface area contributed by atoms with Crippen molar-refractivity contribution < 1.29 is 4.39 Å². The molecular weight excluding hydrogens is 271 g/mol. The van der Waals surface area contributed by atoms with Gasteiger partial charge in [0.05, 0.1) is 11.6 Å². The summed E-state index contributed by atoms with van der Waals surface area (Å²) in [6, 6.07) is 6.50. The average molecular weight is 283 g/mol. The van der Waals surface area contributed by atoms with E-state index in [0.717, 1.165) is 22.0 Å². The normalized spacial score (nSPS) is 10.6. The Hall–Kier alpha value is -1.13. The number of thioether (sulfide) groups is 1. The van der Waals surface area contributed by atoms with Gasteiger partial charge >= 0.3 is 0 Å². The van der Waals surface area contributed by atoms with Crippen LogP contribution in [0.5, 0.6) is 0 Å². The summed E-state index contributed by atoms with van der Waals surface area (Å²) >= 11 is 7.26. The minimum absolute atomic E-state index is 0.227. The van der Waals surface area contributed by atoms with Crippen LogP contribution in [0.25, 0.3) is 0 Å². The summed E-state index contributed by atoms with van der Waals surface area (Å²) in [6.07, 6.45) is 1.75. The van der Waals surface area contributed by atoms with E-state index in [0.29, 0.717) is 11.6 Å². The fourth-order valence-electron chi connectivity index (χ4n) is 1.45. The first-order chi connectivity index (χ1) is 8.69. The van der Waals surface area contributed by atoms with E-state index < -0.39 is 0 Å². The van der Waals surface area contributed by atoms with Crippen LogP contribution < -0.4 is 0 Å². The highest BCUT2D eigenvalue weighted by atomic mass is 35.5. The predicted octanol–water partition coefficient (Wildman–Crippen LogP) is 3.96. The van der Waals surface area contributed by atoms with Gasteiger partial charge in [0.25, 0.3) is 0 Å². The highest BCUT2D eigenvalue weighted by Gasteiger charge is 2.04. The van der Waals surface area contributed by atoms with Crippen LogP contribution in [-0.4, -0.2) is 9.97 Å². The number of hydrogen-bond acceptors (Lipinski definition) is 3. The minimum atomic E-state index is -0.227. The van der Waals surface area contributed by atoms with Gasteiger partial charge in [-0.2, -0.15) is 0 Å². The lowest BCUT2D eigenvalue weighted by Crippen LogP contribution is -1.98. The average Bonchev–Trinajstić information content (AvgIpc) is 2.37. The molecule has 2 nitrogen and oxygen atoms in total. The molecule has 0 radical (unpaired) electrons. The Morgan fingerprint density at radius 1 is 1.39 bits per heavy atom. The Bertz CT molecular complexity index is 548. The molecule has 1 aromatic carbocycles. The number of halogens is 2. The Balaban J connectivity index is 2.04. The highest BCUT2D eigenvalue weighted by molar-refractivity contribution is 7.98. The summed E-state index contributed by atoms with van der Waals surface area (Å²) in [5, 5.41) is 0. The molecule has 0 saturated heterocycles. The summed E-state index contributed by atoms with van der Waals surface area (Å²) < 4.78 is 13.0. The molecule has 94 valence electrons. The van der Waals surface area contributed by atoms with Crippen LogP contribution in [0.2, 0.25) is 0 Å². The number of aromatic nitrogens is 2. The summed E-state index contributed by atoms with van der Waals surface area (Å²) in [4.78, 5) is 9.48. The van der Waals surface area contributed by atoms with Crippen molar-refractivity contribution in [1.82, 2.24) is 9.97 Å². The molecule has 0 N–H and O–H groups in total. The van der Waals surface area contributed by atoms with Crippen LogP contribution in [0.15, 0.2) is 35.4 Å². The molecule has 1 heterocycles. The van der Waals surface area contributed by atoms with Gasteiger partial charge in [0, 0.05) is 22.3 Å². The van der Waals surface area contributed by atoms with E-state index in [1.165, 1.54) is 23.9 Å². The van der Waals surface area contributed by atoms with E-state index in [9.17, 15) is 4.39 Å². The van der Waals surface area contributed by atoms with E-state index in [1.54, 1.807) is 12.3 Å². The van der Waals surface area contributed by atoms with Gasteiger partial charge in [0.2, 0.25) is 0 Å². The molecule has 0 amide bonds. The number of aryl methyl sites for hydroxylation is 1. The van der Waals surface area contributed by atoms with Crippen molar-refractivity contribution >= 4 is 23.4 Å². The standard InChI is InChI=1S/C13H12ClFN2S/c1-9-10(6-14)7-16-13(17-9)8-18-12-4-2-3-11(15)5-12/h2-5,7H,6,8H2,1H3. The maximum atomic E-state index is 13.0. The summed E-state index contributed by atoms with van der Waals surface area (Å²) in [6.45, 7) is 1.91. The second-order valence-corrected chi connectivity index (χ2v) is 5.09. The molecule has 0 spiro atoms. The monoisotopic (exact) mass is 282 g/mol. The van der Waals surface area contributed by atoms with Crippen molar-refractivity contribution in [3.8, 4) is 0 Å². The lowest BCUT2D eigenvalue weighted by Gasteiger charge is -2.04. The molecule has 0 aliphatic rings. The Kier molecular flexibility index (Phi) is 4.55. The molecule has 0 unspecified atom stereocenters. The second-order valence-electron chi connectivity index (χ2n) is 3.78. The van der Waals surface area contributed by atoms with Crippen LogP contribution >= 0.6 is 23.4 Å². The van der Waals surface area contributed by atoms with Crippen molar-refractivity contribution in [1.29, 1.82) is 0 Å². The molecule has 0 fully saturated rings. The van der Waals surface area contributed by atoms with Gasteiger partial charge in [0.1, 0.15) is 11.6 Å². The second kappa shape index (κ2) is 6.16. The Morgan fingerprint density at radius 2 is 2.22 bits per heavy atom. The van der Waals surface area contributed by atoms with Gasteiger partial charge in [0.15, 0.2) is 0 Å². The van der Waals surface area contributed by atoms with E-state index >= 15 is 0 Å². The van der Waals surface area contributed by atoms with Gasteiger partial charge in [-0.25, -0.2) is 14.4 Å². The van der Waals surface area contributed by atoms with Gasteiger partial charge in [-0.05, 0) is 25.1 Å². The molecular formula is C13H12ClFN2S. The molecule has 1 aromatic heterocycles. The van der Waals surface area contributed by atoms with Crippen molar-refractivity contribution in [3.05, 3.63) is 53.4 Å². The van der Waals surface area contributed by atoms with Gasteiger partial charge in [-0.15, -0.1) is 23.4 Å². The maximum Gasteiger partial charge on any atom is 0.138 e. The first-order valence-electron chi connectivity index (χ1n) is 5.45. The third-order valence-corrected chi connectivity index (χ3v) is 3.72. The summed E-state index contributed by atoms with van der Waals surface area (Å²) in [7, 11) is 0. The van der Waals surface area contributed by atoms with Crippen molar-refractivity contribution in [2.75, 3.05) is 0 Å². The maximum absolute atomic E-state index is 13.0. The minimum Gasteiger partial charge on any atom is -0.240 e. The van der Waals surface area contributed by atoms with Crippen LogP contribution in [0.4, 0.5) is 4.39 Å². The van der Waals surface area contributed by atoms with Crippen molar-refractivity contribution in [2.24, 2.45) is 0 Å². The zero-order valence-electron chi connectivity index (χ0n) is 9.86. The van der Waals surface area contributed by atoms with Crippen LogP contribution in [0.3, 0.4) is 0 Å². The SMILES string of the molecule is Cc1nc(CSc2cccc(F)c2)ncc1CCl. The molecule has 0 saturated carbocycles. The fourth-order valence-corrected chi connectivity index (χ4v) is 2.51. The molecule has 0 atom stereocenters. The topological polar surface area (TPSA) is 25.8 Å². The lowest BCUT2D eigenvalue weighted by molar-refractivity contribution is 0.624. The number of hydrogen-bond donors (Lipinski definition) is 0. The Morgan fingerprint density at radius 3 is 2.89 bits per heavy atom. The number of nitrogens with zero attached hydrogens (tertiary/aromatic N) is 2. The van der Waals surface area contributed by atoms with Gasteiger partial charge < -0.3 is 0 Å². The molecule has 0 bridgehead atoms. The molecule has 2 rings (SSSR count). The summed E-state index contributed by atoms with van der Waals surface area (Å²) in [5.41, 5.74) is 1.84. The van der Waals surface area contributed by atoms with Crippen LogP contribution in [0, 0.1) is 12.7 Å². The third-order valence-electron chi connectivity index (χ3n) is 2.44. The van der Waals surface area contributed by atoms with Gasteiger partial charge in [-0.1, -0.05) is 6.07 Å². The van der Waals surface area contributed by atoms with E-state index in [2.05, 4.69) is 9.97 Å². The Labute approximate surface area is 115 Å². The molecule has 2 aromatic rings. The van der Waals surface area contributed by atoms with E-state index in [-0.39, 0.29) is 5.82 Å². The third kappa shape index (κ3) is 3.43. The smallest absolute Gasteiger partial charge is 0.138 e. The zero-order chi connectivity index (χ0) is 13.0. The number of rotatable bonds is 4. The van der Waals surface area contributed by atoms with Crippen LogP contribution in [-0.2, 0) is 11.6 Å². The quantitative estimate of drug-likeness (QED) is 0.627. The molecule has 18 heavy (non-hydrogen) atoms.